The van der Waals surface area contributed by atoms with Crippen LogP contribution in [-0.4, -0.2) is 18.4 Å². The average molecular weight is 415 g/mol. The zero-order chi connectivity index (χ0) is 16.3. The predicted octanol–water partition coefficient (Wildman–Crippen LogP) is 4.72. The molecule has 116 valence electrons. The van der Waals surface area contributed by atoms with Crippen LogP contribution in [0, 0.1) is 0 Å². The fraction of sp³-hybridized carbons (Fsp3) is 0.130. The zero-order valence-electron chi connectivity index (χ0n) is 14.1. The van der Waals surface area contributed by atoms with E-state index >= 15 is 0 Å². The number of benzene rings is 4. The quantitative estimate of drug-likeness (QED) is 0.365. The Bertz CT molecular complexity index is 1020. The third kappa shape index (κ3) is 2.05. The molecule has 0 aliphatic carbocycles. The van der Waals surface area contributed by atoms with Crippen LogP contribution in [0.2, 0.25) is 9.88 Å². The second kappa shape index (κ2) is 5.10. The summed E-state index contributed by atoms with van der Waals surface area (Å²) in [5.74, 6) is 0. The van der Waals surface area contributed by atoms with Gasteiger partial charge in [-0.1, -0.05) is 0 Å². The van der Waals surface area contributed by atoms with Crippen LogP contribution in [0.5, 0.6) is 0 Å². The third-order valence-electron chi connectivity index (χ3n) is 5.67. The van der Waals surface area contributed by atoms with Gasteiger partial charge < -0.3 is 0 Å². The normalized spacial score (nSPS) is 15.2. The summed E-state index contributed by atoms with van der Waals surface area (Å²) >= 11 is -2.54. The zero-order valence-corrected chi connectivity index (χ0v) is 17.0. The van der Waals surface area contributed by atoms with Crippen LogP contribution in [0.1, 0.15) is 11.1 Å². The van der Waals surface area contributed by atoms with Gasteiger partial charge in [0.15, 0.2) is 0 Å². The fourth-order valence-corrected chi connectivity index (χ4v) is 13.7. The Kier molecular flexibility index (Phi) is 3.09. The molecule has 0 fully saturated rings. The van der Waals surface area contributed by atoms with Crippen molar-refractivity contribution in [3.63, 3.8) is 0 Å². The molecule has 0 bridgehead atoms. The summed E-state index contributed by atoms with van der Waals surface area (Å²) in [4.78, 5) is 5.16. The van der Waals surface area contributed by atoms with Crippen LogP contribution >= 0.6 is 0 Å². The van der Waals surface area contributed by atoms with Crippen LogP contribution < -0.4 is 7.16 Å². The topological polar surface area (TPSA) is 0 Å². The molecule has 0 saturated carbocycles. The third-order valence-corrected chi connectivity index (χ3v) is 16.0. The summed E-state index contributed by atoms with van der Waals surface area (Å²) in [5, 5.41) is 5.54. The number of rotatable bonds is 0. The Morgan fingerprint density at radius 3 is 1.38 bits per heavy atom. The molecule has 24 heavy (non-hydrogen) atoms. The van der Waals surface area contributed by atoms with Gasteiger partial charge in [0.05, 0.1) is 0 Å². The van der Waals surface area contributed by atoms with E-state index in [1.807, 2.05) is 0 Å². The average Bonchev–Trinajstić information content (AvgIpc) is 2.59. The molecule has 0 saturated heterocycles. The maximum absolute atomic E-state index is 2.58. The molecule has 0 amide bonds. The molecule has 4 aromatic rings. The van der Waals surface area contributed by atoms with E-state index in [1.165, 1.54) is 21.5 Å². The molecule has 0 nitrogen and oxygen atoms in total. The standard InChI is InChI=1S/C21H14.2CH3.Sn/c1-3-7-20-14-16(9-11-18(20)5-1)13-17-10-12-19-6-2-4-8-21(19)15-17;;;/h1-8,11-12,14-15H,13H2;2*1H3;. The van der Waals surface area contributed by atoms with Crippen molar-refractivity contribution in [3.8, 4) is 0 Å². The van der Waals surface area contributed by atoms with Gasteiger partial charge in [-0.15, -0.1) is 0 Å². The first-order valence-electron chi connectivity index (χ1n) is 8.67. The SMILES string of the molecule is [CH3][Sn]1([CH3])[c]2cc3ccccc3cc2Cc2cc3ccccc3c[c]21. The summed E-state index contributed by atoms with van der Waals surface area (Å²) in [6, 6.07) is 27.5. The van der Waals surface area contributed by atoms with Gasteiger partial charge in [0.2, 0.25) is 0 Å². The van der Waals surface area contributed by atoms with Gasteiger partial charge in [0, 0.05) is 0 Å². The fourth-order valence-electron chi connectivity index (χ4n) is 4.38. The number of fused-ring (bicyclic) bond motifs is 4. The van der Waals surface area contributed by atoms with Crippen LogP contribution in [0.15, 0.2) is 72.8 Å². The van der Waals surface area contributed by atoms with E-state index in [9.17, 15) is 0 Å². The van der Waals surface area contributed by atoms with Crippen molar-refractivity contribution >= 4 is 47.1 Å². The molecule has 1 heteroatoms. The van der Waals surface area contributed by atoms with Crippen molar-refractivity contribution < 1.29 is 0 Å². The first kappa shape index (κ1) is 14.5. The van der Waals surface area contributed by atoms with Crippen LogP contribution in [0.4, 0.5) is 0 Å². The van der Waals surface area contributed by atoms with Gasteiger partial charge in [0.25, 0.3) is 0 Å². The number of hydrogen-bond donors (Lipinski definition) is 0. The summed E-state index contributed by atoms with van der Waals surface area (Å²) in [5.41, 5.74) is 3.13. The van der Waals surface area contributed by atoms with Crippen LogP contribution in [0.25, 0.3) is 21.5 Å². The summed E-state index contributed by atoms with van der Waals surface area (Å²) in [6.45, 7) is 0. The van der Waals surface area contributed by atoms with Crippen molar-refractivity contribution in [2.75, 3.05) is 0 Å². The first-order valence-corrected chi connectivity index (χ1v) is 17.2. The van der Waals surface area contributed by atoms with E-state index < -0.39 is 18.4 Å². The molecule has 0 spiro atoms. The Morgan fingerprint density at radius 1 is 0.583 bits per heavy atom. The Labute approximate surface area is 147 Å². The van der Waals surface area contributed by atoms with E-state index in [-0.39, 0.29) is 0 Å². The Hall–Kier alpha value is -1.80. The summed E-state index contributed by atoms with van der Waals surface area (Å²) in [6.07, 6.45) is 1.08. The number of hydrogen-bond acceptors (Lipinski definition) is 0. The van der Waals surface area contributed by atoms with Gasteiger partial charge in [0.1, 0.15) is 0 Å². The van der Waals surface area contributed by atoms with E-state index in [2.05, 4.69) is 82.7 Å². The van der Waals surface area contributed by atoms with Crippen LogP contribution in [0.3, 0.4) is 0 Å². The molecule has 0 unspecified atom stereocenters. The molecular weight excluding hydrogens is 395 g/mol. The Balaban J connectivity index is 1.81. The van der Waals surface area contributed by atoms with Gasteiger partial charge in [-0.3, -0.25) is 0 Å². The minimum atomic E-state index is -2.54. The van der Waals surface area contributed by atoms with E-state index in [1.54, 1.807) is 18.3 Å². The van der Waals surface area contributed by atoms with E-state index in [0.717, 1.165) is 6.42 Å². The van der Waals surface area contributed by atoms with Gasteiger partial charge >= 0.3 is 147 Å². The second-order valence-electron chi connectivity index (χ2n) is 7.51. The van der Waals surface area contributed by atoms with E-state index in [4.69, 9.17) is 0 Å². The van der Waals surface area contributed by atoms with Crippen molar-refractivity contribution in [2.45, 2.75) is 16.3 Å². The molecular formula is C23H20Sn. The van der Waals surface area contributed by atoms with Crippen LogP contribution in [-0.2, 0) is 6.42 Å². The molecule has 5 rings (SSSR count). The monoisotopic (exact) mass is 416 g/mol. The molecule has 1 aliphatic heterocycles. The van der Waals surface area contributed by atoms with Crippen molar-refractivity contribution in [2.24, 2.45) is 0 Å². The van der Waals surface area contributed by atoms with Crippen molar-refractivity contribution in [3.05, 3.63) is 83.9 Å². The van der Waals surface area contributed by atoms with Gasteiger partial charge in [-0.25, -0.2) is 0 Å². The summed E-state index contributed by atoms with van der Waals surface area (Å²) < 4.78 is 3.37. The van der Waals surface area contributed by atoms with Gasteiger partial charge in [-0.05, 0) is 0 Å². The molecule has 0 radical (unpaired) electrons. The second-order valence-corrected chi connectivity index (χ2v) is 19.9. The Morgan fingerprint density at radius 2 is 0.958 bits per heavy atom. The maximum atomic E-state index is 2.58. The molecule has 0 atom stereocenters. The summed E-state index contributed by atoms with van der Waals surface area (Å²) in [7, 11) is 0. The molecule has 1 aliphatic rings. The molecule has 0 N–H and O–H groups in total. The first-order chi connectivity index (χ1) is 11.6. The molecule has 1 heterocycles. The van der Waals surface area contributed by atoms with Crippen molar-refractivity contribution in [1.29, 1.82) is 0 Å². The molecule has 0 aromatic heterocycles. The predicted molar refractivity (Wildman–Crippen MR) is 107 cm³/mol. The molecule has 4 aromatic carbocycles. The van der Waals surface area contributed by atoms with Gasteiger partial charge in [-0.2, -0.15) is 0 Å². The van der Waals surface area contributed by atoms with E-state index in [0.29, 0.717) is 0 Å². The minimum absolute atomic E-state index is 1.08. The van der Waals surface area contributed by atoms with Crippen molar-refractivity contribution in [1.82, 2.24) is 0 Å².